The molecule has 1 unspecified atom stereocenters. The van der Waals surface area contributed by atoms with Crippen LogP contribution < -0.4 is 5.32 Å². The molecule has 0 aromatic carbocycles. The van der Waals surface area contributed by atoms with Crippen molar-refractivity contribution in [1.29, 1.82) is 0 Å². The van der Waals surface area contributed by atoms with Gasteiger partial charge < -0.3 is 5.32 Å². The molecule has 0 aromatic heterocycles. The lowest BCUT2D eigenvalue weighted by Crippen LogP contribution is -2.43. The van der Waals surface area contributed by atoms with Crippen LogP contribution in [0.2, 0.25) is 0 Å². The lowest BCUT2D eigenvalue weighted by molar-refractivity contribution is 0.260. The van der Waals surface area contributed by atoms with Gasteiger partial charge in [0.1, 0.15) is 0 Å². The highest BCUT2D eigenvalue weighted by Gasteiger charge is 2.21. The smallest absolute Gasteiger partial charge is 0.0195 e. The molecule has 2 atom stereocenters. The number of hydrogen-bond acceptors (Lipinski definition) is 3. The maximum Gasteiger partial charge on any atom is 0.0195 e. The molecule has 2 rings (SSSR count). The monoisotopic (exact) mass is 200 g/mol. The highest BCUT2D eigenvalue weighted by molar-refractivity contribution is 7.99. The summed E-state index contributed by atoms with van der Waals surface area (Å²) in [6.07, 6.45) is 2.76. The predicted octanol–water partition coefficient (Wildman–Crippen LogP) is 1.18. The Morgan fingerprint density at radius 3 is 3.15 bits per heavy atom. The highest BCUT2D eigenvalue weighted by atomic mass is 32.2. The second kappa shape index (κ2) is 4.67. The molecule has 0 aromatic rings. The summed E-state index contributed by atoms with van der Waals surface area (Å²) in [5.74, 6) is 1.33. The zero-order valence-corrected chi connectivity index (χ0v) is 9.28. The fourth-order valence-electron chi connectivity index (χ4n) is 2.28. The number of rotatable bonds is 2. The Kier molecular flexibility index (Phi) is 3.52. The summed E-state index contributed by atoms with van der Waals surface area (Å²) in [6, 6.07) is 0.787. The van der Waals surface area contributed by atoms with Crippen LogP contribution in [0.3, 0.4) is 0 Å². The van der Waals surface area contributed by atoms with Gasteiger partial charge in [-0.25, -0.2) is 0 Å². The average Bonchev–Trinajstić information content (AvgIpc) is 2.57. The molecule has 3 heteroatoms. The molecule has 0 aliphatic carbocycles. The van der Waals surface area contributed by atoms with E-state index >= 15 is 0 Å². The highest BCUT2D eigenvalue weighted by Crippen LogP contribution is 2.18. The Balaban J connectivity index is 1.73. The third-order valence-electron chi connectivity index (χ3n) is 2.97. The van der Waals surface area contributed by atoms with Crippen LogP contribution in [0, 0.1) is 0 Å². The minimum absolute atomic E-state index is 0.787. The van der Waals surface area contributed by atoms with Crippen molar-refractivity contribution in [2.24, 2.45) is 0 Å². The van der Waals surface area contributed by atoms with Crippen LogP contribution in [0.25, 0.3) is 0 Å². The molecule has 0 amide bonds. The van der Waals surface area contributed by atoms with E-state index in [1.807, 2.05) is 0 Å². The van der Waals surface area contributed by atoms with Gasteiger partial charge in [0, 0.05) is 36.7 Å². The van der Waals surface area contributed by atoms with Crippen LogP contribution in [-0.2, 0) is 0 Å². The van der Waals surface area contributed by atoms with Crippen molar-refractivity contribution in [3.63, 3.8) is 0 Å². The molecular weight excluding hydrogens is 180 g/mol. The van der Waals surface area contributed by atoms with Gasteiger partial charge in [0.25, 0.3) is 0 Å². The largest absolute Gasteiger partial charge is 0.313 e. The van der Waals surface area contributed by atoms with E-state index in [0.29, 0.717) is 0 Å². The third kappa shape index (κ3) is 2.86. The first-order valence-electron chi connectivity index (χ1n) is 5.42. The Morgan fingerprint density at radius 1 is 1.54 bits per heavy atom. The van der Waals surface area contributed by atoms with Crippen LogP contribution in [0.5, 0.6) is 0 Å². The van der Waals surface area contributed by atoms with Crippen molar-refractivity contribution in [1.82, 2.24) is 10.2 Å². The SMILES string of the molecule is CC1CN(C[C@@H]2CCCN2)CCS1. The van der Waals surface area contributed by atoms with E-state index in [1.165, 1.54) is 44.8 Å². The maximum atomic E-state index is 3.57. The number of nitrogens with zero attached hydrogens (tertiary/aromatic N) is 1. The summed E-state index contributed by atoms with van der Waals surface area (Å²) >= 11 is 2.12. The first-order valence-corrected chi connectivity index (χ1v) is 6.47. The van der Waals surface area contributed by atoms with Crippen molar-refractivity contribution in [2.75, 3.05) is 31.9 Å². The summed E-state index contributed by atoms with van der Waals surface area (Å²) in [5.41, 5.74) is 0. The van der Waals surface area contributed by atoms with E-state index in [2.05, 4.69) is 28.9 Å². The van der Waals surface area contributed by atoms with Gasteiger partial charge in [0.15, 0.2) is 0 Å². The minimum Gasteiger partial charge on any atom is -0.313 e. The third-order valence-corrected chi connectivity index (χ3v) is 4.10. The topological polar surface area (TPSA) is 15.3 Å². The van der Waals surface area contributed by atoms with Crippen LogP contribution in [0.1, 0.15) is 19.8 Å². The zero-order valence-electron chi connectivity index (χ0n) is 8.46. The van der Waals surface area contributed by atoms with Gasteiger partial charge in [-0.1, -0.05) is 6.92 Å². The Hall–Kier alpha value is 0.270. The Morgan fingerprint density at radius 2 is 2.46 bits per heavy atom. The van der Waals surface area contributed by atoms with Crippen molar-refractivity contribution >= 4 is 11.8 Å². The minimum atomic E-state index is 0.787. The number of nitrogens with one attached hydrogen (secondary N) is 1. The molecule has 2 nitrogen and oxygen atoms in total. The summed E-state index contributed by atoms with van der Waals surface area (Å²) in [5, 5.41) is 4.41. The van der Waals surface area contributed by atoms with Gasteiger partial charge in [-0.2, -0.15) is 11.8 Å². The maximum absolute atomic E-state index is 3.57. The molecule has 2 heterocycles. The number of hydrogen-bond donors (Lipinski definition) is 1. The van der Waals surface area contributed by atoms with Gasteiger partial charge in [-0.15, -0.1) is 0 Å². The first-order chi connectivity index (χ1) is 6.34. The van der Waals surface area contributed by atoms with E-state index in [-0.39, 0.29) is 0 Å². The van der Waals surface area contributed by atoms with E-state index in [0.717, 1.165) is 11.3 Å². The van der Waals surface area contributed by atoms with E-state index in [9.17, 15) is 0 Å². The van der Waals surface area contributed by atoms with Gasteiger partial charge in [-0.05, 0) is 19.4 Å². The summed E-state index contributed by atoms with van der Waals surface area (Å²) in [6.45, 7) is 7.46. The van der Waals surface area contributed by atoms with Gasteiger partial charge in [0.05, 0.1) is 0 Å². The van der Waals surface area contributed by atoms with Crippen LogP contribution in [0.15, 0.2) is 0 Å². The second-order valence-corrected chi connectivity index (χ2v) is 5.78. The van der Waals surface area contributed by atoms with E-state index < -0.39 is 0 Å². The molecule has 2 aliphatic heterocycles. The fourth-order valence-corrected chi connectivity index (χ4v) is 3.36. The Bertz CT molecular complexity index is 157. The molecule has 2 aliphatic rings. The molecule has 1 N–H and O–H groups in total. The fraction of sp³-hybridized carbons (Fsp3) is 1.00. The van der Waals surface area contributed by atoms with Crippen molar-refractivity contribution in [3.8, 4) is 0 Å². The molecule has 13 heavy (non-hydrogen) atoms. The molecule has 76 valence electrons. The molecule has 0 bridgehead atoms. The van der Waals surface area contributed by atoms with Gasteiger partial charge >= 0.3 is 0 Å². The first kappa shape index (κ1) is 9.81. The van der Waals surface area contributed by atoms with Crippen LogP contribution >= 0.6 is 11.8 Å². The predicted molar refractivity (Wildman–Crippen MR) is 59.4 cm³/mol. The van der Waals surface area contributed by atoms with Crippen LogP contribution in [-0.4, -0.2) is 48.1 Å². The van der Waals surface area contributed by atoms with E-state index in [1.54, 1.807) is 0 Å². The molecule has 2 fully saturated rings. The lowest BCUT2D eigenvalue weighted by atomic mass is 10.2. The average molecular weight is 200 g/mol. The van der Waals surface area contributed by atoms with Gasteiger partial charge in [-0.3, -0.25) is 4.90 Å². The van der Waals surface area contributed by atoms with Crippen molar-refractivity contribution in [3.05, 3.63) is 0 Å². The number of thioether (sulfide) groups is 1. The van der Waals surface area contributed by atoms with Crippen molar-refractivity contribution < 1.29 is 0 Å². The molecule has 0 saturated carbocycles. The summed E-state index contributed by atoms with van der Waals surface area (Å²) < 4.78 is 0. The van der Waals surface area contributed by atoms with Crippen LogP contribution in [0.4, 0.5) is 0 Å². The van der Waals surface area contributed by atoms with E-state index in [4.69, 9.17) is 0 Å². The zero-order chi connectivity index (χ0) is 9.10. The molecule has 0 radical (unpaired) electrons. The molecule has 2 saturated heterocycles. The normalized spacial score (nSPS) is 36.7. The molecule has 0 spiro atoms. The summed E-state index contributed by atoms with van der Waals surface area (Å²) in [7, 11) is 0. The molecular formula is C10H20N2S. The second-order valence-electron chi connectivity index (χ2n) is 4.23. The summed E-state index contributed by atoms with van der Waals surface area (Å²) in [4.78, 5) is 2.63. The standard InChI is InChI=1S/C10H20N2S/c1-9-7-12(5-6-13-9)8-10-3-2-4-11-10/h9-11H,2-8H2,1H3/t9?,10-/m0/s1. The Labute approximate surface area is 85.4 Å². The van der Waals surface area contributed by atoms with Crippen molar-refractivity contribution in [2.45, 2.75) is 31.1 Å². The lowest BCUT2D eigenvalue weighted by Gasteiger charge is -2.32. The van der Waals surface area contributed by atoms with Gasteiger partial charge in [0.2, 0.25) is 0 Å². The quantitative estimate of drug-likeness (QED) is 0.720.